The topological polar surface area (TPSA) is 12.0 Å². The van der Waals surface area contributed by atoms with Crippen molar-refractivity contribution in [3.63, 3.8) is 0 Å². The minimum Gasteiger partial charge on any atom is -0.378 e. The van der Waals surface area contributed by atoms with Crippen LogP contribution in [0.3, 0.4) is 0 Å². The van der Waals surface area contributed by atoms with Gasteiger partial charge in [-0.15, -0.1) is 0 Å². The lowest BCUT2D eigenvalue weighted by Gasteiger charge is -2.17. The van der Waals surface area contributed by atoms with E-state index in [4.69, 9.17) is 11.6 Å². The Morgan fingerprint density at radius 1 is 1.05 bits per heavy atom. The monoisotopic (exact) mass is 313 g/mol. The van der Waals surface area contributed by atoms with Crippen molar-refractivity contribution in [2.45, 2.75) is 26.1 Å². The van der Waals surface area contributed by atoms with Gasteiger partial charge < -0.3 is 5.32 Å². The Balaban J connectivity index is 2.13. The molecule has 1 atom stereocenters. The molecule has 0 saturated heterocycles. The van der Waals surface area contributed by atoms with Crippen molar-refractivity contribution in [3.8, 4) is 0 Å². The molecule has 0 bridgehead atoms. The van der Waals surface area contributed by atoms with Crippen molar-refractivity contribution in [2.24, 2.45) is 0 Å². The zero-order chi connectivity index (χ0) is 15.6. The number of halogens is 4. The molecule has 0 aliphatic heterocycles. The highest BCUT2D eigenvalue weighted by Crippen LogP contribution is 2.30. The number of alkyl halides is 3. The van der Waals surface area contributed by atoms with Gasteiger partial charge in [0.15, 0.2) is 0 Å². The Hall–Kier alpha value is -1.68. The summed E-state index contributed by atoms with van der Waals surface area (Å²) in [4.78, 5) is 0. The van der Waals surface area contributed by atoms with Crippen LogP contribution in [0.4, 0.5) is 18.9 Å². The van der Waals surface area contributed by atoms with Gasteiger partial charge in [0.25, 0.3) is 0 Å². The van der Waals surface area contributed by atoms with Crippen molar-refractivity contribution >= 4 is 17.3 Å². The van der Waals surface area contributed by atoms with Gasteiger partial charge in [0.05, 0.1) is 5.56 Å². The molecule has 0 amide bonds. The smallest absolute Gasteiger partial charge is 0.378 e. The number of rotatable bonds is 3. The summed E-state index contributed by atoms with van der Waals surface area (Å²) in [6.45, 7) is 3.79. The molecule has 0 spiro atoms. The van der Waals surface area contributed by atoms with E-state index in [9.17, 15) is 13.2 Å². The third kappa shape index (κ3) is 3.91. The van der Waals surface area contributed by atoms with Crippen LogP contribution in [0, 0.1) is 6.92 Å². The fourth-order valence-corrected chi connectivity index (χ4v) is 2.16. The molecule has 0 aromatic heterocycles. The van der Waals surface area contributed by atoms with Crippen molar-refractivity contribution in [2.75, 3.05) is 5.32 Å². The summed E-state index contributed by atoms with van der Waals surface area (Å²) >= 11 is 6.05. The first kappa shape index (κ1) is 15.7. The third-order valence-corrected chi connectivity index (χ3v) is 3.70. The van der Waals surface area contributed by atoms with Crippen LogP contribution < -0.4 is 5.32 Å². The van der Waals surface area contributed by atoms with E-state index in [0.717, 1.165) is 28.9 Å². The van der Waals surface area contributed by atoms with Crippen molar-refractivity contribution in [1.82, 2.24) is 0 Å². The Bertz CT molecular complexity index is 620. The molecule has 1 N–H and O–H groups in total. The lowest BCUT2D eigenvalue weighted by Crippen LogP contribution is -2.08. The summed E-state index contributed by atoms with van der Waals surface area (Å²) in [5.74, 6) is 0. The largest absolute Gasteiger partial charge is 0.416 e. The van der Waals surface area contributed by atoms with Gasteiger partial charge in [0.1, 0.15) is 0 Å². The summed E-state index contributed by atoms with van der Waals surface area (Å²) in [5, 5.41) is 3.87. The average Bonchev–Trinajstić information content (AvgIpc) is 2.42. The number of hydrogen-bond donors (Lipinski definition) is 1. The summed E-state index contributed by atoms with van der Waals surface area (Å²) < 4.78 is 37.6. The van der Waals surface area contributed by atoms with Gasteiger partial charge in [-0.2, -0.15) is 13.2 Å². The molecule has 2 aromatic carbocycles. The molecule has 21 heavy (non-hydrogen) atoms. The van der Waals surface area contributed by atoms with Gasteiger partial charge >= 0.3 is 6.18 Å². The second kappa shape index (κ2) is 5.98. The van der Waals surface area contributed by atoms with Gasteiger partial charge in [-0.3, -0.25) is 0 Å². The molecular formula is C16H15ClF3N. The molecule has 1 nitrogen and oxygen atoms in total. The highest BCUT2D eigenvalue weighted by molar-refractivity contribution is 6.31. The Kier molecular flexibility index (Phi) is 4.47. The quantitative estimate of drug-likeness (QED) is 0.750. The Morgan fingerprint density at radius 3 is 2.19 bits per heavy atom. The minimum absolute atomic E-state index is 0.119. The first-order valence-corrected chi connectivity index (χ1v) is 6.85. The van der Waals surface area contributed by atoms with E-state index in [2.05, 4.69) is 5.32 Å². The molecule has 2 aromatic rings. The molecule has 5 heteroatoms. The van der Waals surface area contributed by atoms with Crippen LogP contribution in [0.2, 0.25) is 5.02 Å². The van der Waals surface area contributed by atoms with Crippen LogP contribution in [-0.4, -0.2) is 0 Å². The minimum atomic E-state index is -4.31. The van der Waals surface area contributed by atoms with E-state index in [1.54, 1.807) is 6.07 Å². The fraction of sp³-hybridized carbons (Fsp3) is 0.250. The molecule has 0 aliphatic rings. The highest BCUT2D eigenvalue weighted by atomic mass is 35.5. The maximum atomic E-state index is 12.5. The normalized spacial score (nSPS) is 13.0. The van der Waals surface area contributed by atoms with E-state index < -0.39 is 11.7 Å². The van der Waals surface area contributed by atoms with Crippen molar-refractivity contribution in [1.29, 1.82) is 0 Å². The van der Waals surface area contributed by atoms with Crippen LogP contribution in [0.1, 0.15) is 29.7 Å². The molecule has 2 rings (SSSR count). The number of benzene rings is 2. The van der Waals surface area contributed by atoms with E-state index in [-0.39, 0.29) is 6.04 Å². The number of nitrogens with one attached hydrogen (secondary N) is 1. The molecule has 0 radical (unpaired) electrons. The zero-order valence-corrected chi connectivity index (χ0v) is 12.4. The maximum absolute atomic E-state index is 12.5. The van der Waals surface area contributed by atoms with Crippen LogP contribution in [-0.2, 0) is 6.18 Å². The van der Waals surface area contributed by atoms with E-state index in [1.165, 1.54) is 12.1 Å². The zero-order valence-electron chi connectivity index (χ0n) is 11.6. The summed E-state index contributed by atoms with van der Waals surface area (Å²) in [7, 11) is 0. The first-order chi connectivity index (χ1) is 9.77. The van der Waals surface area contributed by atoms with Gasteiger partial charge in [0, 0.05) is 16.8 Å². The van der Waals surface area contributed by atoms with E-state index in [1.807, 2.05) is 26.0 Å². The molecule has 0 heterocycles. The molecular weight excluding hydrogens is 299 g/mol. The maximum Gasteiger partial charge on any atom is 0.416 e. The number of hydrogen-bond acceptors (Lipinski definition) is 1. The molecule has 0 aliphatic carbocycles. The lowest BCUT2D eigenvalue weighted by atomic mass is 10.1. The van der Waals surface area contributed by atoms with Crippen molar-refractivity contribution < 1.29 is 13.2 Å². The van der Waals surface area contributed by atoms with Crippen LogP contribution in [0.15, 0.2) is 42.5 Å². The second-order valence-electron chi connectivity index (χ2n) is 4.95. The SMILES string of the molecule is Cc1ccc(NC(C)c2ccc(C(F)(F)F)cc2)cc1Cl. The third-order valence-electron chi connectivity index (χ3n) is 3.29. The van der Waals surface area contributed by atoms with Crippen molar-refractivity contribution in [3.05, 3.63) is 64.2 Å². The summed E-state index contributed by atoms with van der Waals surface area (Å²) in [5.41, 5.74) is 1.94. The van der Waals surface area contributed by atoms with Gasteiger partial charge in [-0.25, -0.2) is 0 Å². The van der Waals surface area contributed by atoms with Gasteiger partial charge in [-0.1, -0.05) is 29.8 Å². The fourth-order valence-electron chi connectivity index (χ4n) is 1.98. The lowest BCUT2D eigenvalue weighted by molar-refractivity contribution is -0.137. The summed E-state index contributed by atoms with van der Waals surface area (Å²) in [6, 6.07) is 10.6. The first-order valence-electron chi connectivity index (χ1n) is 6.47. The van der Waals surface area contributed by atoms with Crippen LogP contribution in [0.25, 0.3) is 0 Å². The molecule has 1 unspecified atom stereocenters. The standard InChI is InChI=1S/C16H15ClF3N/c1-10-3-8-14(9-15(10)17)21-11(2)12-4-6-13(7-5-12)16(18,19)20/h3-9,11,21H,1-2H3. The van der Waals surface area contributed by atoms with E-state index >= 15 is 0 Å². The predicted molar refractivity (Wildman–Crippen MR) is 79.7 cm³/mol. The number of aryl methyl sites for hydroxylation is 1. The molecule has 0 fully saturated rings. The second-order valence-corrected chi connectivity index (χ2v) is 5.36. The van der Waals surface area contributed by atoms with Crippen LogP contribution >= 0.6 is 11.6 Å². The number of anilines is 1. The Morgan fingerprint density at radius 2 is 1.67 bits per heavy atom. The highest BCUT2D eigenvalue weighted by Gasteiger charge is 2.30. The molecule has 0 saturated carbocycles. The average molecular weight is 314 g/mol. The van der Waals surface area contributed by atoms with Gasteiger partial charge in [-0.05, 0) is 49.2 Å². The Labute approximate surface area is 126 Å². The molecule has 112 valence electrons. The predicted octanol–water partition coefficient (Wildman–Crippen LogP) is 5.84. The van der Waals surface area contributed by atoms with Crippen LogP contribution in [0.5, 0.6) is 0 Å². The van der Waals surface area contributed by atoms with E-state index in [0.29, 0.717) is 5.02 Å². The van der Waals surface area contributed by atoms with Gasteiger partial charge in [0.2, 0.25) is 0 Å². The summed E-state index contributed by atoms with van der Waals surface area (Å²) in [6.07, 6.45) is -4.31.